The van der Waals surface area contributed by atoms with Crippen molar-refractivity contribution in [3.8, 4) is 16.4 Å². The van der Waals surface area contributed by atoms with Gasteiger partial charge in [-0.05, 0) is 70.1 Å². The lowest BCUT2D eigenvalue weighted by Gasteiger charge is -2.29. The van der Waals surface area contributed by atoms with Gasteiger partial charge in [0.25, 0.3) is 0 Å². The van der Waals surface area contributed by atoms with Crippen LogP contribution < -0.4 is 4.90 Å². The summed E-state index contributed by atoms with van der Waals surface area (Å²) in [5.74, 6) is 0.947. The minimum Gasteiger partial charge on any atom is -0.309 e. The summed E-state index contributed by atoms with van der Waals surface area (Å²) in [7, 11) is 0. The quantitative estimate of drug-likeness (QED) is 0.198. The summed E-state index contributed by atoms with van der Waals surface area (Å²) in [5.41, 5.74) is 6.62. The van der Waals surface area contributed by atoms with Crippen molar-refractivity contribution < 1.29 is 0 Å². The van der Waals surface area contributed by atoms with Gasteiger partial charge in [0.15, 0.2) is 0 Å². The van der Waals surface area contributed by atoms with Crippen LogP contribution in [0.5, 0.6) is 0 Å². The number of anilines is 3. The molecule has 7 aromatic carbocycles. The lowest BCUT2D eigenvalue weighted by atomic mass is 9.98. The van der Waals surface area contributed by atoms with Crippen molar-refractivity contribution in [2.24, 2.45) is 0 Å². The van der Waals surface area contributed by atoms with Crippen LogP contribution in [-0.2, 0) is 0 Å². The van der Waals surface area contributed by atoms with E-state index in [1.165, 1.54) is 26.9 Å². The third-order valence-corrected chi connectivity index (χ3v) is 9.54. The molecule has 212 valence electrons. The van der Waals surface area contributed by atoms with Gasteiger partial charge in [-0.1, -0.05) is 109 Å². The molecule has 0 saturated heterocycles. The molecular formula is C41H27N3S. The largest absolute Gasteiger partial charge is 0.309 e. The van der Waals surface area contributed by atoms with E-state index in [2.05, 4.69) is 173 Å². The van der Waals surface area contributed by atoms with Crippen molar-refractivity contribution in [3.63, 3.8) is 0 Å². The lowest BCUT2D eigenvalue weighted by molar-refractivity contribution is 1.14. The number of fused-ring (bicyclic) bond motifs is 4. The van der Waals surface area contributed by atoms with Crippen LogP contribution in [0.25, 0.3) is 59.7 Å². The van der Waals surface area contributed by atoms with Crippen molar-refractivity contribution in [3.05, 3.63) is 163 Å². The normalized spacial score (nSPS) is 11.6. The Balaban J connectivity index is 1.36. The van der Waals surface area contributed by atoms with E-state index in [9.17, 15) is 0 Å². The second-order valence-corrected chi connectivity index (χ2v) is 12.1. The topological polar surface area (TPSA) is 21.1 Å². The van der Waals surface area contributed by atoms with Crippen LogP contribution in [0.15, 0.2) is 163 Å². The first-order valence-corrected chi connectivity index (χ1v) is 16.0. The molecule has 0 atom stereocenters. The third-order valence-electron chi connectivity index (χ3n) is 8.69. The van der Waals surface area contributed by atoms with Gasteiger partial charge in [0.05, 0.1) is 28.1 Å². The van der Waals surface area contributed by atoms with Crippen LogP contribution in [0.2, 0.25) is 0 Å². The fourth-order valence-electron chi connectivity index (χ4n) is 6.70. The van der Waals surface area contributed by atoms with Crippen LogP contribution in [0, 0.1) is 0 Å². The zero-order valence-electron chi connectivity index (χ0n) is 24.3. The molecule has 3 nitrogen and oxygen atoms in total. The van der Waals surface area contributed by atoms with E-state index < -0.39 is 0 Å². The number of hydrogen-bond donors (Lipinski definition) is 0. The SMILES string of the molecule is c1csc(-n2c(-c3ccc(N(c4cccc5ccccc45)c4cccc5ccccc45)c4ccccc34)nc3ccccc32)c1. The van der Waals surface area contributed by atoms with Gasteiger partial charge in [0, 0.05) is 21.7 Å². The third kappa shape index (κ3) is 4.15. The Labute approximate surface area is 264 Å². The average Bonchev–Trinajstić information content (AvgIpc) is 3.77. The van der Waals surface area contributed by atoms with Gasteiger partial charge in [-0.15, -0.1) is 11.3 Å². The van der Waals surface area contributed by atoms with E-state index in [1.54, 1.807) is 11.3 Å². The van der Waals surface area contributed by atoms with Gasteiger partial charge in [0.1, 0.15) is 10.8 Å². The van der Waals surface area contributed by atoms with Crippen LogP contribution >= 0.6 is 11.3 Å². The summed E-state index contributed by atoms with van der Waals surface area (Å²) in [6, 6.07) is 56.5. The minimum absolute atomic E-state index is 0.947. The summed E-state index contributed by atoms with van der Waals surface area (Å²) in [5, 5.41) is 10.5. The van der Waals surface area contributed by atoms with Crippen molar-refractivity contribution in [2.45, 2.75) is 0 Å². The highest BCUT2D eigenvalue weighted by Gasteiger charge is 2.23. The molecule has 9 rings (SSSR count). The predicted octanol–water partition coefficient (Wildman–Crippen LogP) is 11.7. The molecule has 2 aromatic heterocycles. The van der Waals surface area contributed by atoms with E-state index in [-0.39, 0.29) is 0 Å². The van der Waals surface area contributed by atoms with Crippen molar-refractivity contribution >= 4 is 71.7 Å². The molecular weight excluding hydrogens is 567 g/mol. The highest BCUT2D eigenvalue weighted by atomic mass is 32.1. The van der Waals surface area contributed by atoms with Crippen LogP contribution in [-0.4, -0.2) is 9.55 Å². The highest BCUT2D eigenvalue weighted by Crippen LogP contribution is 2.46. The zero-order valence-corrected chi connectivity index (χ0v) is 25.2. The average molecular weight is 594 g/mol. The number of imidazole rings is 1. The first kappa shape index (κ1) is 25.8. The molecule has 0 aliphatic heterocycles. The molecule has 4 heteroatoms. The Morgan fingerprint density at radius 2 is 1.04 bits per heavy atom. The number of rotatable bonds is 5. The molecule has 0 aliphatic carbocycles. The Kier molecular flexibility index (Phi) is 6.00. The smallest absolute Gasteiger partial charge is 0.146 e. The monoisotopic (exact) mass is 593 g/mol. The van der Waals surface area contributed by atoms with Gasteiger partial charge >= 0.3 is 0 Å². The lowest BCUT2D eigenvalue weighted by Crippen LogP contribution is -2.12. The second-order valence-electron chi connectivity index (χ2n) is 11.2. The number of benzene rings is 7. The number of para-hydroxylation sites is 2. The summed E-state index contributed by atoms with van der Waals surface area (Å²) in [6.07, 6.45) is 0. The molecule has 45 heavy (non-hydrogen) atoms. The number of aromatic nitrogens is 2. The van der Waals surface area contributed by atoms with Crippen molar-refractivity contribution in [2.75, 3.05) is 4.90 Å². The summed E-state index contributed by atoms with van der Waals surface area (Å²) < 4.78 is 2.30. The molecule has 0 saturated carbocycles. The van der Waals surface area contributed by atoms with E-state index >= 15 is 0 Å². The Hall–Kier alpha value is -5.71. The number of thiophene rings is 1. The molecule has 0 aliphatic rings. The molecule has 0 amide bonds. The maximum atomic E-state index is 5.22. The number of nitrogens with zero attached hydrogens (tertiary/aromatic N) is 3. The van der Waals surface area contributed by atoms with Gasteiger partial charge in [-0.3, -0.25) is 4.57 Å². The van der Waals surface area contributed by atoms with Crippen LogP contribution in [0.4, 0.5) is 17.1 Å². The van der Waals surface area contributed by atoms with Gasteiger partial charge in [0.2, 0.25) is 0 Å². The first-order valence-electron chi connectivity index (χ1n) is 15.1. The van der Waals surface area contributed by atoms with Crippen LogP contribution in [0.1, 0.15) is 0 Å². The van der Waals surface area contributed by atoms with Gasteiger partial charge in [-0.25, -0.2) is 4.98 Å². The molecule has 0 bridgehead atoms. The van der Waals surface area contributed by atoms with Crippen LogP contribution in [0.3, 0.4) is 0 Å². The fourth-order valence-corrected chi connectivity index (χ4v) is 7.44. The number of hydrogen-bond acceptors (Lipinski definition) is 3. The molecule has 0 radical (unpaired) electrons. The standard InChI is InChI=1S/C41H27N3S/c1-3-16-30-28(12-1)14-9-22-36(30)43(37-23-10-15-29-13-2-4-17-31(29)37)38-26-25-34(32-18-5-6-19-33(32)38)41-42-35-20-7-8-21-39(35)44(41)40-24-11-27-45-40/h1-27H. The molecule has 2 heterocycles. The molecule has 0 spiro atoms. The van der Waals surface area contributed by atoms with E-state index in [1.807, 2.05) is 0 Å². The zero-order chi connectivity index (χ0) is 29.7. The van der Waals surface area contributed by atoms with Crippen molar-refractivity contribution in [1.29, 1.82) is 0 Å². The molecule has 0 fully saturated rings. The Bertz CT molecular complexity index is 2420. The summed E-state index contributed by atoms with van der Waals surface area (Å²) in [4.78, 5) is 7.66. The minimum atomic E-state index is 0.947. The fraction of sp³-hybridized carbons (Fsp3) is 0. The van der Waals surface area contributed by atoms with Gasteiger partial charge < -0.3 is 4.90 Å². The molecule has 9 aromatic rings. The molecule has 0 N–H and O–H groups in total. The van der Waals surface area contributed by atoms with E-state index in [0.717, 1.165) is 49.9 Å². The van der Waals surface area contributed by atoms with Crippen molar-refractivity contribution in [1.82, 2.24) is 9.55 Å². The van der Waals surface area contributed by atoms with E-state index in [0.29, 0.717) is 0 Å². The van der Waals surface area contributed by atoms with Gasteiger partial charge in [-0.2, -0.15) is 0 Å². The second kappa shape index (κ2) is 10.5. The highest BCUT2D eigenvalue weighted by molar-refractivity contribution is 7.12. The summed E-state index contributed by atoms with van der Waals surface area (Å²) in [6.45, 7) is 0. The summed E-state index contributed by atoms with van der Waals surface area (Å²) >= 11 is 1.73. The maximum Gasteiger partial charge on any atom is 0.146 e. The predicted molar refractivity (Wildman–Crippen MR) is 192 cm³/mol. The molecule has 0 unspecified atom stereocenters. The Morgan fingerprint density at radius 3 is 1.73 bits per heavy atom. The van der Waals surface area contributed by atoms with E-state index in [4.69, 9.17) is 4.98 Å². The maximum absolute atomic E-state index is 5.22. The first-order chi connectivity index (χ1) is 22.3. The Morgan fingerprint density at radius 1 is 0.467 bits per heavy atom.